The van der Waals surface area contributed by atoms with Gasteiger partial charge in [0.1, 0.15) is 0 Å². The molecule has 0 aliphatic carbocycles. The molecule has 29 heavy (non-hydrogen) atoms. The minimum atomic E-state index is -0.823. The van der Waals surface area contributed by atoms with Gasteiger partial charge < -0.3 is 5.11 Å². The Labute approximate surface area is 169 Å². The van der Waals surface area contributed by atoms with E-state index in [-0.39, 0.29) is 12.6 Å². The summed E-state index contributed by atoms with van der Waals surface area (Å²) in [5.74, 6) is -1.64. The maximum atomic E-state index is 13.6. The molecule has 1 saturated heterocycles. The topological polar surface area (TPSA) is 39.6 Å². The number of pyridine rings is 1. The Hall–Kier alpha value is -2.41. The molecule has 0 spiro atoms. The fourth-order valence-electron chi connectivity index (χ4n) is 4.17. The second-order valence-corrected chi connectivity index (χ2v) is 7.63. The third kappa shape index (κ3) is 4.61. The molecule has 0 bridgehead atoms. The summed E-state index contributed by atoms with van der Waals surface area (Å²) >= 11 is 0. The van der Waals surface area contributed by atoms with Crippen LogP contribution in [0.3, 0.4) is 0 Å². The summed E-state index contributed by atoms with van der Waals surface area (Å²) in [6.45, 7) is 4.01. The molecule has 4 nitrogen and oxygen atoms in total. The summed E-state index contributed by atoms with van der Waals surface area (Å²) in [7, 11) is 0. The fourth-order valence-corrected chi connectivity index (χ4v) is 4.17. The van der Waals surface area contributed by atoms with Gasteiger partial charge in [-0.1, -0.05) is 24.3 Å². The normalized spacial score (nSPS) is 18.4. The SMILES string of the molecule is OCC[C@H]1CN(Cc2cccc3cnccc23)CCN1Cc1ccc(F)c(F)c1. The highest BCUT2D eigenvalue weighted by Crippen LogP contribution is 2.23. The molecule has 0 saturated carbocycles. The monoisotopic (exact) mass is 397 g/mol. The number of aliphatic hydroxyl groups excluding tert-OH is 1. The zero-order chi connectivity index (χ0) is 20.2. The number of aliphatic hydroxyl groups is 1. The molecule has 1 atom stereocenters. The van der Waals surface area contributed by atoms with Crippen LogP contribution in [0.4, 0.5) is 8.78 Å². The van der Waals surface area contributed by atoms with Crippen molar-refractivity contribution in [1.82, 2.24) is 14.8 Å². The van der Waals surface area contributed by atoms with Crippen molar-refractivity contribution in [3.63, 3.8) is 0 Å². The van der Waals surface area contributed by atoms with Crippen LogP contribution in [-0.4, -0.2) is 52.2 Å². The van der Waals surface area contributed by atoms with Crippen LogP contribution in [0.2, 0.25) is 0 Å². The quantitative estimate of drug-likeness (QED) is 0.690. The first-order valence-corrected chi connectivity index (χ1v) is 9.97. The Morgan fingerprint density at radius 3 is 2.76 bits per heavy atom. The number of aromatic nitrogens is 1. The molecular weight excluding hydrogens is 372 g/mol. The molecule has 0 unspecified atom stereocenters. The van der Waals surface area contributed by atoms with Gasteiger partial charge in [0.25, 0.3) is 0 Å². The Morgan fingerprint density at radius 2 is 1.93 bits per heavy atom. The van der Waals surface area contributed by atoms with Crippen LogP contribution in [0.15, 0.2) is 54.9 Å². The molecular formula is C23H25F2N3O. The molecule has 4 rings (SSSR count). The van der Waals surface area contributed by atoms with E-state index in [1.807, 2.05) is 12.4 Å². The van der Waals surface area contributed by atoms with E-state index in [0.29, 0.717) is 13.0 Å². The van der Waals surface area contributed by atoms with Gasteiger partial charge in [-0.05, 0) is 41.1 Å². The first kappa shape index (κ1) is 19.9. The lowest BCUT2D eigenvalue weighted by Crippen LogP contribution is -2.52. The Morgan fingerprint density at radius 1 is 1.03 bits per heavy atom. The molecule has 3 aromatic rings. The van der Waals surface area contributed by atoms with Crippen molar-refractivity contribution >= 4 is 10.8 Å². The fraction of sp³-hybridized carbons (Fsp3) is 0.348. The van der Waals surface area contributed by atoms with Crippen molar-refractivity contribution in [2.24, 2.45) is 0 Å². The Kier molecular flexibility index (Phi) is 6.13. The number of halogens is 2. The summed E-state index contributed by atoms with van der Waals surface area (Å²) in [4.78, 5) is 8.86. The van der Waals surface area contributed by atoms with Crippen LogP contribution < -0.4 is 0 Å². The molecule has 1 aliphatic rings. The van der Waals surface area contributed by atoms with E-state index in [0.717, 1.165) is 37.1 Å². The average molecular weight is 397 g/mol. The standard InChI is InChI=1S/C23H25F2N3O/c24-22-5-4-17(12-23(22)25)14-28-10-9-27(16-20(28)7-11-29)15-19-3-1-2-18-13-26-8-6-21(18)19/h1-6,8,12-13,20,29H,7,9-11,14-16H2/t20-/m0/s1. The van der Waals surface area contributed by atoms with E-state index in [4.69, 9.17) is 0 Å². The molecule has 1 aromatic heterocycles. The molecule has 2 heterocycles. The van der Waals surface area contributed by atoms with Crippen LogP contribution in [0.5, 0.6) is 0 Å². The average Bonchev–Trinajstić information content (AvgIpc) is 2.73. The van der Waals surface area contributed by atoms with Gasteiger partial charge in [0.05, 0.1) is 0 Å². The predicted molar refractivity (Wildman–Crippen MR) is 109 cm³/mol. The largest absolute Gasteiger partial charge is 0.396 e. The van der Waals surface area contributed by atoms with Crippen LogP contribution in [-0.2, 0) is 13.1 Å². The van der Waals surface area contributed by atoms with Gasteiger partial charge >= 0.3 is 0 Å². The molecule has 1 fully saturated rings. The molecule has 0 radical (unpaired) electrons. The lowest BCUT2D eigenvalue weighted by Gasteiger charge is -2.41. The van der Waals surface area contributed by atoms with Gasteiger partial charge in [0.2, 0.25) is 0 Å². The van der Waals surface area contributed by atoms with Crippen LogP contribution in [0.25, 0.3) is 10.8 Å². The van der Waals surface area contributed by atoms with Gasteiger partial charge in [-0.25, -0.2) is 8.78 Å². The van der Waals surface area contributed by atoms with E-state index < -0.39 is 11.6 Å². The van der Waals surface area contributed by atoms with Crippen LogP contribution in [0, 0.1) is 11.6 Å². The summed E-state index contributed by atoms with van der Waals surface area (Å²) in [6.07, 6.45) is 4.35. The Balaban J connectivity index is 1.46. The van der Waals surface area contributed by atoms with Crippen molar-refractivity contribution < 1.29 is 13.9 Å². The van der Waals surface area contributed by atoms with E-state index >= 15 is 0 Å². The summed E-state index contributed by atoms with van der Waals surface area (Å²) < 4.78 is 26.8. The summed E-state index contributed by atoms with van der Waals surface area (Å²) in [6, 6.07) is 12.6. The zero-order valence-electron chi connectivity index (χ0n) is 16.3. The highest BCUT2D eigenvalue weighted by Gasteiger charge is 2.27. The third-order valence-electron chi connectivity index (χ3n) is 5.69. The van der Waals surface area contributed by atoms with Gasteiger partial charge in [0.15, 0.2) is 11.6 Å². The predicted octanol–water partition coefficient (Wildman–Crippen LogP) is 3.58. The van der Waals surface area contributed by atoms with Gasteiger partial charge in [0, 0.05) is 63.2 Å². The Bertz CT molecular complexity index is 976. The smallest absolute Gasteiger partial charge is 0.159 e. The maximum Gasteiger partial charge on any atom is 0.159 e. The molecule has 6 heteroatoms. The number of hydrogen-bond donors (Lipinski definition) is 1. The maximum absolute atomic E-state index is 13.6. The van der Waals surface area contributed by atoms with Gasteiger partial charge in [-0.15, -0.1) is 0 Å². The minimum Gasteiger partial charge on any atom is -0.396 e. The zero-order valence-corrected chi connectivity index (χ0v) is 16.3. The van der Waals surface area contributed by atoms with E-state index in [9.17, 15) is 13.9 Å². The van der Waals surface area contributed by atoms with Crippen molar-refractivity contribution in [2.75, 3.05) is 26.2 Å². The van der Waals surface area contributed by atoms with Crippen LogP contribution >= 0.6 is 0 Å². The second-order valence-electron chi connectivity index (χ2n) is 7.63. The van der Waals surface area contributed by atoms with E-state index in [2.05, 4.69) is 39.0 Å². The van der Waals surface area contributed by atoms with Crippen molar-refractivity contribution in [2.45, 2.75) is 25.6 Å². The van der Waals surface area contributed by atoms with Crippen molar-refractivity contribution in [1.29, 1.82) is 0 Å². The molecule has 1 N–H and O–H groups in total. The lowest BCUT2D eigenvalue weighted by atomic mass is 10.0. The highest BCUT2D eigenvalue weighted by molar-refractivity contribution is 5.84. The van der Waals surface area contributed by atoms with Crippen molar-refractivity contribution in [3.8, 4) is 0 Å². The number of hydrogen-bond acceptors (Lipinski definition) is 4. The number of rotatable bonds is 6. The van der Waals surface area contributed by atoms with Gasteiger partial charge in [-0.2, -0.15) is 0 Å². The minimum absolute atomic E-state index is 0.104. The van der Waals surface area contributed by atoms with E-state index in [1.54, 1.807) is 6.07 Å². The molecule has 1 aliphatic heterocycles. The number of fused-ring (bicyclic) bond motifs is 1. The second kappa shape index (κ2) is 8.95. The first-order valence-electron chi connectivity index (χ1n) is 9.97. The number of piperazine rings is 1. The first-order chi connectivity index (χ1) is 14.1. The number of nitrogens with zero attached hydrogens (tertiary/aromatic N) is 3. The number of benzene rings is 2. The molecule has 0 amide bonds. The lowest BCUT2D eigenvalue weighted by molar-refractivity contribution is 0.0501. The van der Waals surface area contributed by atoms with Crippen LogP contribution in [0.1, 0.15) is 17.5 Å². The molecule has 2 aromatic carbocycles. The third-order valence-corrected chi connectivity index (χ3v) is 5.69. The molecule has 152 valence electrons. The summed E-state index contributed by atoms with van der Waals surface area (Å²) in [5, 5.41) is 11.9. The van der Waals surface area contributed by atoms with Gasteiger partial charge in [-0.3, -0.25) is 14.8 Å². The summed E-state index contributed by atoms with van der Waals surface area (Å²) in [5.41, 5.74) is 2.02. The van der Waals surface area contributed by atoms with Crippen molar-refractivity contribution in [3.05, 3.63) is 77.6 Å². The van der Waals surface area contributed by atoms with E-state index in [1.165, 1.54) is 23.1 Å². The highest BCUT2D eigenvalue weighted by atomic mass is 19.2.